The van der Waals surface area contributed by atoms with Crippen molar-refractivity contribution >= 4 is 27.6 Å². The van der Waals surface area contributed by atoms with Gasteiger partial charge in [-0.05, 0) is 67.4 Å². The minimum atomic E-state index is -0.553. The van der Waals surface area contributed by atoms with Gasteiger partial charge in [0.05, 0.1) is 30.2 Å². The van der Waals surface area contributed by atoms with Gasteiger partial charge in [0.15, 0.2) is 11.5 Å². The molecule has 1 amide bonds. The first kappa shape index (κ1) is 30.3. The van der Waals surface area contributed by atoms with E-state index in [1.165, 1.54) is 38.7 Å². The van der Waals surface area contributed by atoms with Gasteiger partial charge in [-0.1, -0.05) is 44.5 Å². The van der Waals surface area contributed by atoms with E-state index in [0.29, 0.717) is 62.8 Å². The number of nitrogens with zero attached hydrogens (tertiary/aromatic N) is 4. The molecule has 1 aliphatic heterocycles. The number of carbonyl (C=O) groups excluding carboxylic acids is 1. The maximum absolute atomic E-state index is 12.7. The van der Waals surface area contributed by atoms with Crippen LogP contribution in [0.1, 0.15) is 62.6 Å². The monoisotopic (exact) mass is 609 g/mol. The Kier molecular flexibility index (Phi) is 8.58. The maximum atomic E-state index is 12.7. The highest BCUT2D eigenvalue weighted by Crippen LogP contribution is 2.38. The molecule has 1 aliphatic rings. The van der Waals surface area contributed by atoms with Gasteiger partial charge in [0, 0.05) is 29.7 Å². The average Bonchev–Trinajstić information content (AvgIpc) is 3.54. The summed E-state index contributed by atoms with van der Waals surface area (Å²) < 4.78 is 23.6. The molecule has 0 saturated carbocycles. The summed E-state index contributed by atoms with van der Waals surface area (Å²) in [5.74, 6) is 2.30. The summed E-state index contributed by atoms with van der Waals surface area (Å²) in [6, 6.07) is 14.7. The van der Waals surface area contributed by atoms with Crippen LogP contribution < -0.4 is 19.9 Å². The Bertz CT molecular complexity index is 1840. The van der Waals surface area contributed by atoms with Gasteiger partial charge >= 0.3 is 0 Å². The second-order valence-electron chi connectivity index (χ2n) is 12.5. The molecular formula is C35H39N5O5. The van der Waals surface area contributed by atoms with Crippen molar-refractivity contribution in [3.05, 3.63) is 66.2 Å². The van der Waals surface area contributed by atoms with E-state index in [2.05, 4.69) is 20.0 Å². The second kappa shape index (κ2) is 12.7. The number of likely N-dealkylation sites (tertiary alicyclic amines) is 1. The molecule has 3 heterocycles. The molecule has 6 rings (SSSR count). The number of fused-ring (bicyclic) bond motifs is 2. The molecule has 0 atom stereocenters. The molecule has 10 nitrogen and oxygen atoms in total. The largest absolute Gasteiger partial charge is 0.493 e. The summed E-state index contributed by atoms with van der Waals surface area (Å²) in [6.45, 7) is 10.1. The number of carbonyl (C=O) groups is 1. The lowest BCUT2D eigenvalue weighted by atomic mass is 9.91. The van der Waals surface area contributed by atoms with Crippen LogP contribution in [0.5, 0.6) is 23.1 Å². The molecule has 0 unspecified atom stereocenters. The van der Waals surface area contributed by atoms with E-state index < -0.39 is 5.91 Å². The topological polar surface area (TPSA) is 126 Å². The summed E-state index contributed by atoms with van der Waals surface area (Å²) in [5, 5.41) is 6.37. The number of piperidine rings is 1. The third-order valence-corrected chi connectivity index (χ3v) is 8.19. The summed E-state index contributed by atoms with van der Waals surface area (Å²) in [6.07, 6.45) is 6.29. The summed E-state index contributed by atoms with van der Waals surface area (Å²) in [4.78, 5) is 24.0. The predicted octanol–water partition coefficient (Wildman–Crippen LogP) is 6.89. The molecule has 2 N–H and O–H groups in total. The fraction of sp³-hybridized carbons (Fsp3) is 0.371. The van der Waals surface area contributed by atoms with E-state index >= 15 is 0 Å². The Balaban J connectivity index is 1.24. The van der Waals surface area contributed by atoms with Crippen molar-refractivity contribution in [2.45, 2.75) is 51.9 Å². The number of hydrogen-bond donors (Lipinski definition) is 1. The number of methoxy groups -OCH3 is 1. The third kappa shape index (κ3) is 6.56. The number of aromatic nitrogens is 3. The molecule has 0 spiro atoms. The van der Waals surface area contributed by atoms with Crippen molar-refractivity contribution in [3.63, 3.8) is 0 Å². The van der Waals surface area contributed by atoms with Gasteiger partial charge in [-0.25, -0.2) is 9.97 Å². The zero-order chi connectivity index (χ0) is 31.6. The summed E-state index contributed by atoms with van der Waals surface area (Å²) >= 11 is 0. The number of primary amides is 1. The number of nitrogens with two attached hydrogens (primary N) is 1. The first-order chi connectivity index (χ1) is 21.7. The van der Waals surface area contributed by atoms with Crippen molar-refractivity contribution in [1.82, 2.24) is 20.0 Å². The number of amides is 1. The van der Waals surface area contributed by atoms with E-state index in [1.54, 1.807) is 13.2 Å². The Hall–Kier alpha value is -4.70. The normalized spacial score (nSPS) is 14.1. The second-order valence-corrected chi connectivity index (χ2v) is 12.5. The fourth-order valence-electron chi connectivity index (χ4n) is 5.76. The fourth-order valence-corrected chi connectivity index (χ4v) is 5.76. The van der Waals surface area contributed by atoms with Crippen LogP contribution in [0, 0.1) is 0 Å². The maximum Gasteiger partial charge on any atom is 0.250 e. The van der Waals surface area contributed by atoms with Gasteiger partial charge in [0.2, 0.25) is 11.8 Å². The lowest BCUT2D eigenvalue weighted by molar-refractivity contribution is 0.100. The molecule has 0 radical (unpaired) electrons. The van der Waals surface area contributed by atoms with Crippen LogP contribution in [-0.4, -0.2) is 59.3 Å². The average molecular weight is 610 g/mol. The molecule has 234 valence electrons. The zero-order valence-corrected chi connectivity index (χ0v) is 26.3. The van der Waals surface area contributed by atoms with E-state index in [1.807, 2.05) is 63.2 Å². The SMILES string of the molecule is COc1cc2c(Oc3ccc4c(C(N)=O)c(-c5cc(C(C)(C)C)on5)ccc4c3)ncnc2cc1OCCCN1CCCCC1. The van der Waals surface area contributed by atoms with Crippen molar-refractivity contribution in [1.29, 1.82) is 0 Å². The molecule has 0 bridgehead atoms. The van der Waals surface area contributed by atoms with Gasteiger partial charge < -0.3 is 29.4 Å². The van der Waals surface area contributed by atoms with Crippen LogP contribution in [0.3, 0.4) is 0 Å². The first-order valence-corrected chi connectivity index (χ1v) is 15.4. The molecule has 0 aliphatic carbocycles. The van der Waals surface area contributed by atoms with Crippen LogP contribution in [0.25, 0.3) is 32.9 Å². The Morgan fingerprint density at radius 1 is 0.978 bits per heavy atom. The molecular weight excluding hydrogens is 570 g/mol. The van der Waals surface area contributed by atoms with Crippen LogP contribution in [0.4, 0.5) is 0 Å². The minimum absolute atomic E-state index is 0.225. The van der Waals surface area contributed by atoms with Crippen LogP contribution in [-0.2, 0) is 5.41 Å². The van der Waals surface area contributed by atoms with Crippen LogP contribution in [0.15, 0.2) is 59.4 Å². The molecule has 3 aromatic carbocycles. The molecule has 10 heteroatoms. The molecule has 5 aromatic rings. The Labute approximate surface area is 262 Å². The van der Waals surface area contributed by atoms with Gasteiger partial charge in [0.1, 0.15) is 23.5 Å². The van der Waals surface area contributed by atoms with Crippen molar-refractivity contribution < 1.29 is 23.5 Å². The minimum Gasteiger partial charge on any atom is -0.493 e. The van der Waals surface area contributed by atoms with Gasteiger partial charge in [0.25, 0.3) is 0 Å². The van der Waals surface area contributed by atoms with Gasteiger partial charge in [-0.2, -0.15) is 0 Å². The van der Waals surface area contributed by atoms with E-state index in [0.717, 1.165) is 24.1 Å². The Morgan fingerprint density at radius 2 is 1.80 bits per heavy atom. The molecule has 1 saturated heterocycles. The highest BCUT2D eigenvalue weighted by molar-refractivity contribution is 6.11. The lowest BCUT2D eigenvalue weighted by Crippen LogP contribution is -2.31. The van der Waals surface area contributed by atoms with Gasteiger partial charge in [-0.15, -0.1) is 0 Å². The Morgan fingerprint density at radius 3 is 2.53 bits per heavy atom. The quantitative estimate of drug-likeness (QED) is 0.168. The summed E-state index contributed by atoms with van der Waals surface area (Å²) in [5.41, 5.74) is 7.87. The van der Waals surface area contributed by atoms with Crippen molar-refractivity contribution in [2.75, 3.05) is 33.4 Å². The van der Waals surface area contributed by atoms with Crippen LogP contribution in [0.2, 0.25) is 0 Å². The van der Waals surface area contributed by atoms with Crippen LogP contribution >= 0.6 is 0 Å². The van der Waals surface area contributed by atoms with E-state index in [-0.39, 0.29) is 5.41 Å². The molecule has 1 fully saturated rings. The van der Waals surface area contributed by atoms with Crippen molar-refractivity contribution in [2.24, 2.45) is 5.73 Å². The predicted molar refractivity (Wildman–Crippen MR) is 173 cm³/mol. The third-order valence-electron chi connectivity index (χ3n) is 8.19. The highest BCUT2D eigenvalue weighted by Gasteiger charge is 2.23. The number of rotatable bonds is 10. The molecule has 45 heavy (non-hydrogen) atoms. The first-order valence-electron chi connectivity index (χ1n) is 15.4. The van der Waals surface area contributed by atoms with E-state index in [9.17, 15) is 4.79 Å². The lowest BCUT2D eigenvalue weighted by Gasteiger charge is -2.26. The van der Waals surface area contributed by atoms with Gasteiger partial charge in [-0.3, -0.25) is 4.79 Å². The number of ether oxygens (including phenoxy) is 3. The molecule has 2 aromatic heterocycles. The van der Waals surface area contributed by atoms with Crippen molar-refractivity contribution in [3.8, 4) is 34.4 Å². The highest BCUT2D eigenvalue weighted by atomic mass is 16.5. The number of benzene rings is 3. The standard InChI is InChI=1S/C35H39N5O5/c1-35(2,3)31-20-28(39-45-31)25-11-9-22-17-23(10-12-24(22)32(25)33(36)41)44-34-26-18-29(42-4)30(19-27(26)37-21-38-34)43-16-8-15-40-13-6-5-7-14-40/h9-12,17-21H,5-8,13-16H2,1-4H3,(H2,36,41). The summed E-state index contributed by atoms with van der Waals surface area (Å²) in [7, 11) is 1.61. The smallest absolute Gasteiger partial charge is 0.250 e. The van der Waals surface area contributed by atoms with E-state index in [4.69, 9.17) is 24.5 Å². The zero-order valence-electron chi connectivity index (χ0n) is 26.3. The number of hydrogen-bond acceptors (Lipinski definition) is 9.